The van der Waals surface area contributed by atoms with Gasteiger partial charge in [-0.15, -0.1) is 0 Å². The number of anilines is 1. The fourth-order valence-corrected chi connectivity index (χ4v) is 8.46. The van der Waals surface area contributed by atoms with Crippen LogP contribution in [0.4, 0.5) is 5.69 Å². The molecule has 4 N–H and O–H groups in total. The molecule has 0 spiro atoms. The molecule has 0 aliphatic heterocycles. The maximum atomic E-state index is 15.1. The van der Waals surface area contributed by atoms with Gasteiger partial charge in [-0.25, -0.2) is 20.1 Å². The third kappa shape index (κ3) is 11.5. The summed E-state index contributed by atoms with van der Waals surface area (Å²) < 4.78 is 34.6. The van der Waals surface area contributed by atoms with E-state index in [0.29, 0.717) is 62.3 Å². The first-order valence-corrected chi connectivity index (χ1v) is 19.6. The molecule has 13 heteroatoms. The number of unbranched alkanes of at least 4 members (excludes halogenated alkanes) is 6. The zero-order valence-corrected chi connectivity index (χ0v) is 30.8. The Hall–Kier alpha value is -2.53. The predicted octanol–water partition coefficient (Wildman–Crippen LogP) is 7.11. The highest BCUT2D eigenvalue weighted by Crippen LogP contribution is 2.45. The summed E-state index contributed by atoms with van der Waals surface area (Å²) >= 11 is 0. The van der Waals surface area contributed by atoms with Gasteiger partial charge in [0.1, 0.15) is 22.9 Å². The molecule has 0 saturated heterocycles. The van der Waals surface area contributed by atoms with Crippen LogP contribution in [0.25, 0.3) is 11.2 Å². The van der Waals surface area contributed by atoms with Crippen molar-refractivity contribution in [2.75, 3.05) is 25.3 Å². The molecule has 0 bridgehead atoms. The second kappa shape index (κ2) is 20.1. The zero-order valence-electron chi connectivity index (χ0n) is 29.9. The molecule has 0 fully saturated rings. The molecule has 2 heterocycles. The lowest BCUT2D eigenvalue weighted by atomic mass is 9.94. The highest BCUT2D eigenvalue weighted by atomic mass is 31.2. The standard InChI is InChI=1S/C34H61N6O6P/c1-8-14-16-18-22-44-31(41)33(10-3,11-4)38-47(43,39-34(12-5,13-6)32(42)45-23-19-17-15-9-2)26-46-27(7)24-40-25-37-29-28(35)20-21-36-30(29)40/h20-21,25,27H,8-19,22-24,26H2,1-7H3,(H2,35,36)(H2,38,39,43)/t27-/m1/s1. The molecule has 0 amide bonds. The second-order valence-corrected chi connectivity index (χ2v) is 14.7. The van der Waals surface area contributed by atoms with Crippen molar-refractivity contribution >= 4 is 36.2 Å². The SMILES string of the molecule is CCCCCCOC(=O)C(CC)(CC)NP(=O)(CO[C@H](C)Cn1cnc2c(N)ccnc21)NC(CC)(CC)C(=O)OCCCCCC. The van der Waals surface area contributed by atoms with Crippen LogP contribution in [0.2, 0.25) is 0 Å². The van der Waals surface area contributed by atoms with Crippen molar-refractivity contribution < 1.29 is 28.4 Å². The summed E-state index contributed by atoms with van der Waals surface area (Å²) in [6, 6.07) is 1.70. The van der Waals surface area contributed by atoms with Gasteiger partial charge in [-0.05, 0) is 51.5 Å². The Balaban J connectivity index is 2.35. The molecule has 12 nitrogen and oxygen atoms in total. The average Bonchev–Trinajstić information content (AvgIpc) is 3.48. The van der Waals surface area contributed by atoms with Crippen LogP contribution in [0.5, 0.6) is 0 Å². The number of esters is 2. The number of nitrogens with zero attached hydrogens (tertiary/aromatic N) is 3. The number of hydrogen-bond acceptors (Lipinski definition) is 9. The fraction of sp³-hybridized carbons (Fsp3) is 0.765. The van der Waals surface area contributed by atoms with Crippen LogP contribution in [0.3, 0.4) is 0 Å². The highest BCUT2D eigenvalue weighted by Gasteiger charge is 2.48. The van der Waals surface area contributed by atoms with Crippen LogP contribution in [0, 0.1) is 0 Å². The molecule has 0 aromatic carbocycles. The molecule has 2 aromatic heterocycles. The van der Waals surface area contributed by atoms with E-state index in [1.165, 1.54) is 0 Å². The molecule has 0 saturated carbocycles. The summed E-state index contributed by atoms with van der Waals surface area (Å²) in [5.74, 6) is -0.917. The van der Waals surface area contributed by atoms with Crippen LogP contribution in [-0.4, -0.2) is 63.2 Å². The molecule has 268 valence electrons. The lowest BCUT2D eigenvalue weighted by Gasteiger charge is -2.40. The van der Waals surface area contributed by atoms with E-state index >= 15 is 4.57 Å². The van der Waals surface area contributed by atoms with Gasteiger partial charge in [0.25, 0.3) is 0 Å². The normalized spacial score (nSPS) is 13.2. The summed E-state index contributed by atoms with van der Waals surface area (Å²) in [5.41, 5.74) is 5.31. The van der Waals surface area contributed by atoms with E-state index in [0.717, 1.165) is 51.4 Å². The second-order valence-electron chi connectivity index (χ2n) is 12.5. The number of carbonyl (C=O) groups excluding carboxylic acids is 2. The first kappa shape index (κ1) is 40.6. The maximum absolute atomic E-state index is 15.1. The summed E-state index contributed by atoms with van der Waals surface area (Å²) in [6.07, 6.45) is 11.7. The number of rotatable bonds is 25. The molecular formula is C34H61N6O6P. The first-order chi connectivity index (χ1) is 22.5. The van der Waals surface area contributed by atoms with E-state index in [9.17, 15) is 9.59 Å². The predicted molar refractivity (Wildman–Crippen MR) is 188 cm³/mol. The minimum absolute atomic E-state index is 0.284. The molecule has 0 aliphatic carbocycles. The number of nitrogens with two attached hydrogens (primary N) is 1. The smallest absolute Gasteiger partial charge is 0.326 e. The molecule has 1 atom stereocenters. The number of nitrogen functional groups attached to an aromatic ring is 1. The summed E-state index contributed by atoms with van der Waals surface area (Å²) in [4.78, 5) is 36.0. The topological polar surface area (TPSA) is 160 Å². The van der Waals surface area contributed by atoms with Gasteiger partial charge in [-0.2, -0.15) is 0 Å². The van der Waals surface area contributed by atoms with Gasteiger partial charge in [-0.3, -0.25) is 14.2 Å². The Kier molecular flexibility index (Phi) is 17.4. The first-order valence-electron chi connectivity index (χ1n) is 17.7. The van der Waals surface area contributed by atoms with Crippen molar-refractivity contribution in [2.45, 2.75) is 149 Å². The summed E-state index contributed by atoms with van der Waals surface area (Å²) in [5, 5.41) is 6.40. The zero-order chi connectivity index (χ0) is 34.9. The number of imidazole rings is 1. The van der Waals surface area contributed by atoms with Crippen LogP contribution < -0.4 is 15.9 Å². The third-order valence-corrected chi connectivity index (χ3v) is 11.1. The number of carbonyl (C=O) groups is 2. The van der Waals surface area contributed by atoms with Crippen molar-refractivity contribution in [3.8, 4) is 0 Å². The van der Waals surface area contributed by atoms with Crippen molar-refractivity contribution in [2.24, 2.45) is 0 Å². The van der Waals surface area contributed by atoms with E-state index in [1.807, 2.05) is 39.2 Å². The van der Waals surface area contributed by atoms with Crippen molar-refractivity contribution in [1.82, 2.24) is 24.7 Å². The third-order valence-electron chi connectivity index (χ3n) is 8.98. The number of ether oxygens (including phenoxy) is 3. The highest BCUT2D eigenvalue weighted by molar-refractivity contribution is 7.59. The Morgan fingerprint density at radius 1 is 0.851 bits per heavy atom. The van der Waals surface area contributed by atoms with Gasteiger partial charge in [0.05, 0.1) is 37.9 Å². The molecule has 47 heavy (non-hydrogen) atoms. The maximum Gasteiger partial charge on any atom is 0.326 e. The van der Waals surface area contributed by atoms with Crippen molar-refractivity contribution in [1.29, 1.82) is 0 Å². The molecular weight excluding hydrogens is 619 g/mol. The van der Waals surface area contributed by atoms with Gasteiger partial charge in [0, 0.05) is 6.20 Å². The lowest BCUT2D eigenvalue weighted by Crippen LogP contribution is -2.57. The van der Waals surface area contributed by atoms with Crippen molar-refractivity contribution in [3.63, 3.8) is 0 Å². The Bertz CT molecular complexity index is 1230. The van der Waals surface area contributed by atoms with E-state index in [4.69, 9.17) is 19.9 Å². The average molecular weight is 681 g/mol. The van der Waals surface area contributed by atoms with Gasteiger partial charge < -0.3 is 24.5 Å². The van der Waals surface area contributed by atoms with Gasteiger partial charge >= 0.3 is 11.9 Å². The fourth-order valence-electron chi connectivity index (χ4n) is 5.61. The molecule has 2 rings (SSSR count). The largest absolute Gasteiger partial charge is 0.464 e. The summed E-state index contributed by atoms with van der Waals surface area (Å²) in [7, 11) is -3.82. The Labute approximate surface area is 282 Å². The molecule has 2 aromatic rings. The number of pyridine rings is 1. The molecule has 0 radical (unpaired) electrons. The number of hydrogen-bond donors (Lipinski definition) is 3. The Morgan fingerprint density at radius 2 is 1.36 bits per heavy atom. The van der Waals surface area contributed by atoms with E-state index < -0.39 is 36.6 Å². The van der Waals surface area contributed by atoms with Gasteiger partial charge in [-0.1, -0.05) is 80.1 Å². The van der Waals surface area contributed by atoms with Crippen molar-refractivity contribution in [3.05, 3.63) is 18.6 Å². The number of fused-ring (bicyclic) bond motifs is 1. The number of nitrogens with one attached hydrogen (secondary N) is 2. The molecule has 0 unspecified atom stereocenters. The quantitative estimate of drug-likeness (QED) is 0.0557. The van der Waals surface area contributed by atoms with Crippen LogP contribution >= 0.6 is 7.44 Å². The van der Waals surface area contributed by atoms with Crippen LogP contribution in [0.1, 0.15) is 126 Å². The van der Waals surface area contributed by atoms with E-state index in [1.54, 1.807) is 18.6 Å². The minimum Gasteiger partial charge on any atom is -0.464 e. The van der Waals surface area contributed by atoms with Crippen LogP contribution in [-0.2, 0) is 34.9 Å². The Morgan fingerprint density at radius 3 is 1.83 bits per heavy atom. The molecule has 0 aliphatic rings. The van der Waals surface area contributed by atoms with E-state index in [-0.39, 0.29) is 6.35 Å². The summed E-state index contributed by atoms with van der Waals surface area (Å²) in [6.45, 7) is 14.5. The lowest BCUT2D eigenvalue weighted by molar-refractivity contribution is -0.151. The minimum atomic E-state index is -3.82. The monoisotopic (exact) mass is 680 g/mol. The van der Waals surface area contributed by atoms with Gasteiger partial charge in [0.15, 0.2) is 5.65 Å². The van der Waals surface area contributed by atoms with Crippen LogP contribution in [0.15, 0.2) is 18.6 Å². The number of aromatic nitrogens is 3. The van der Waals surface area contributed by atoms with E-state index in [2.05, 4.69) is 34.0 Å². The van der Waals surface area contributed by atoms with Gasteiger partial charge in [0.2, 0.25) is 7.44 Å².